The number of hydrogen-bond acceptors (Lipinski definition) is 5. The molecule has 7 nitrogen and oxygen atoms in total. The number of carbonyl (C=O) groups excluding carboxylic acids is 1. The smallest absolute Gasteiger partial charge is 0.345 e. The summed E-state index contributed by atoms with van der Waals surface area (Å²) in [6.07, 6.45) is 1.44. The monoisotopic (exact) mass is 332 g/mol. The minimum Gasteiger partial charge on any atom is -0.477 e. The summed E-state index contributed by atoms with van der Waals surface area (Å²) in [5.41, 5.74) is 5.14. The number of amides is 1. The maximum atomic E-state index is 12.4. The lowest BCUT2D eigenvalue weighted by atomic mass is 9.94. The minimum atomic E-state index is -3.65. The molecule has 1 saturated heterocycles. The first-order valence-electron chi connectivity index (χ1n) is 6.42. The molecule has 1 aliphatic heterocycles. The van der Waals surface area contributed by atoms with E-state index >= 15 is 0 Å². The number of hydrogen-bond donors (Lipinski definition) is 2. The van der Waals surface area contributed by atoms with E-state index in [0.717, 1.165) is 11.3 Å². The normalized spacial score (nSPS) is 17.7. The Labute approximate surface area is 126 Å². The summed E-state index contributed by atoms with van der Waals surface area (Å²) in [5.74, 6) is -1.39. The van der Waals surface area contributed by atoms with Crippen LogP contribution in [0.2, 0.25) is 0 Å². The third kappa shape index (κ3) is 3.60. The predicted octanol–water partition coefficient (Wildman–Crippen LogP) is 0.722. The Morgan fingerprint density at radius 1 is 1.33 bits per heavy atom. The van der Waals surface area contributed by atoms with Gasteiger partial charge in [-0.15, -0.1) is 11.3 Å². The van der Waals surface area contributed by atoms with Gasteiger partial charge < -0.3 is 10.8 Å². The summed E-state index contributed by atoms with van der Waals surface area (Å²) in [7, 11) is -3.65. The highest BCUT2D eigenvalue weighted by atomic mass is 32.2. The van der Waals surface area contributed by atoms with E-state index in [-0.39, 0.29) is 27.3 Å². The number of rotatable bonds is 5. The number of primary amides is 1. The van der Waals surface area contributed by atoms with E-state index in [4.69, 9.17) is 10.8 Å². The number of nitrogens with zero attached hydrogens (tertiary/aromatic N) is 1. The van der Waals surface area contributed by atoms with Gasteiger partial charge in [0.15, 0.2) is 0 Å². The number of carbonyl (C=O) groups is 2. The molecule has 9 heteroatoms. The van der Waals surface area contributed by atoms with E-state index in [9.17, 15) is 18.0 Å². The number of aromatic carboxylic acids is 1. The molecule has 0 spiro atoms. The molecular weight excluding hydrogens is 316 g/mol. The van der Waals surface area contributed by atoms with Crippen molar-refractivity contribution in [2.45, 2.75) is 23.5 Å². The Morgan fingerprint density at radius 3 is 2.43 bits per heavy atom. The van der Waals surface area contributed by atoms with Gasteiger partial charge in [-0.1, -0.05) is 0 Å². The topological polar surface area (TPSA) is 118 Å². The van der Waals surface area contributed by atoms with Crippen LogP contribution < -0.4 is 5.73 Å². The number of carboxylic acid groups (broad SMARTS) is 1. The van der Waals surface area contributed by atoms with Crippen molar-refractivity contribution in [1.29, 1.82) is 0 Å². The zero-order chi connectivity index (χ0) is 15.6. The van der Waals surface area contributed by atoms with Gasteiger partial charge in [-0.25, -0.2) is 13.2 Å². The maximum Gasteiger partial charge on any atom is 0.345 e. The zero-order valence-corrected chi connectivity index (χ0v) is 12.8. The molecule has 0 aromatic carbocycles. The lowest BCUT2D eigenvalue weighted by Gasteiger charge is -2.30. The fraction of sp³-hybridized carbons (Fsp3) is 0.500. The summed E-state index contributed by atoms with van der Waals surface area (Å²) in [4.78, 5) is 21.7. The van der Waals surface area contributed by atoms with Gasteiger partial charge in [-0.05, 0) is 30.9 Å². The van der Waals surface area contributed by atoms with Crippen LogP contribution in [0.1, 0.15) is 28.9 Å². The van der Waals surface area contributed by atoms with Gasteiger partial charge in [0.2, 0.25) is 5.91 Å². The SMILES string of the molecule is NC(=O)CC1CCN(S(=O)(=O)c2ccc(C(=O)O)s2)CC1. The van der Waals surface area contributed by atoms with Crippen molar-refractivity contribution in [2.24, 2.45) is 11.7 Å². The third-order valence-corrected chi connectivity index (χ3v) is 6.89. The van der Waals surface area contributed by atoms with Crippen LogP contribution in [0.25, 0.3) is 0 Å². The molecule has 2 rings (SSSR count). The molecule has 1 amide bonds. The second kappa shape index (κ2) is 6.12. The molecule has 1 aromatic heterocycles. The number of nitrogens with two attached hydrogens (primary N) is 1. The molecule has 0 atom stereocenters. The highest BCUT2D eigenvalue weighted by Gasteiger charge is 2.31. The lowest BCUT2D eigenvalue weighted by molar-refractivity contribution is -0.119. The predicted molar refractivity (Wildman–Crippen MR) is 76.6 cm³/mol. The lowest BCUT2D eigenvalue weighted by Crippen LogP contribution is -2.38. The number of sulfonamides is 1. The Balaban J connectivity index is 2.07. The molecule has 2 heterocycles. The van der Waals surface area contributed by atoms with Crippen molar-refractivity contribution in [2.75, 3.05) is 13.1 Å². The molecule has 1 fully saturated rings. The summed E-state index contributed by atoms with van der Waals surface area (Å²) in [6.45, 7) is 0.640. The fourth-order valence-electron chi connectivity index (χ4n) is 2.34. The Morgan fingerprint density at radius 2 is 1.95 bits per heavy atom. The summed E-state index contributed by atoms with van der Waals surface area (Å²) in [6, 6.07) is 2.61. The molecule has 116 valence electrons. The van der Waals surface area contributed by atoms with Crippen LogP contribution >= 0.6 is 11.3 Å². The van der Waals surface area contributed by atoms with E-state index in [1.165, 1.54) is 16.4 Å². The largest absolute Gasteiger partial charge is 0.477 e. The van der Waals surface area contributed by atoms with Crippen LogP contribution in [0.4, 0.5) is 0 Å². The highest BCUT2D eigenvalue weighted by Crippen LogP contribution is 2.29. The molecule has 0 unspecified atom stereocenters. The third-order valence-electron chi connectivity index (χ3n) is 3.45. The van der Waals surface area contributed by atoms with Crippen molar-refractivity contribution in [3.8, 4) is 0 Å². The first kappa shape index (κ1) is 15.9. The van der Waals surface area contributed by atoms with Crippen molar-refractivity contribution in [1.82, 2.24) is 4.31 Å². The van der Waals surface area contributed by atoms with Gasteiger partial charge >= 0.3 is 5.97 Å². The van der Waals surface area contributed by atoms with E-state index in [1.54, 1.807) is 0 Å². The molecule has 1 aromatic rings. The molecule has 0 radical (unpaired) electrons. The van der Waals surface area contributed by atoms with E-state index in [0.29, 0.717) is 25.9 Å². The number of piperidine rings is 1. The van der Waals surface area contributed by atoms with Gasteiger partial charge in [-0.3, -0.25) is 4.79 Å². The highest BCUT2D eigenvalue weighted by molar-refractivity contribution is 7.91. The van der Waals surface area contributed by atoms with Crippen molar-refractivity contribution < 1.29 is 23.1 Å². The van der Waals surface area contributed by atoms with Crippen LogP contribution in [0.3, 0.4) is 0 Å². The first-order valence-corrected chi connectivity index (χ1v) is 8.68. The Kier molecular flexibility index (Phi) is 4.64. The number of carboxylic acids is 1. The van der Waals surface area contributed by atoms with Crippen molar-refractivity contribution in [3.63, 3.8) is 0 Å². The summed E-state index contributed by atoms with van der Waals surface area (Å²) < 4.78 is 26.2. The zero-order valence-electron chi connectivity index (χ0n) is 11.2. The van der Waals surface area contributed by atoms with Crippen LogP contribution in [0, 0.1) is 5.92 Å². The second-order valence-corrected chi connectivity index (χ2v) is 8.19. The van der Waals surface area contributed by atoms with E-state index in [1.807, 2.05) is 0 Å². The second-order valence-electron chi connectivity index (χ2n) is 4.94. The van der Waals surface area contributed by atoms with Gasteiger partial charge in [0, 0.05) is 19.5 Å². The van der Waals surface area contributed by atoms with Gasteiger partial charge in [0.1, 0.15) is 9.09 Å². The molecular formula is C12H16N2O5S2. The van der Waals surface area contributed by atoms with E-state index < -0.39 is 16.0 Å². The van der Waals surface area contributed by atoms with Gasteiger partial charge in [0.05, 0.1) is 0 Å². The standard InChI is InChI=1S/C12H16N2O5S2/c13-10(15)7-8-3-5-14(6-4-8)21(18,19)11-2-1-9(20-11)12(16)17/h1-2,8H,3-7H2,(H2,13,15)(H,16,17). The summed E-state index contributed by atoms with van der Waals surface area (Å²) >= 11 is 0.750. The summed E-state index contributed by atoms with van der Waals surface area (Å²) in [5, 5.41) is 8.85. The van der Waals surface area contributed by atoms with Crippen molar-refractivity contribution in [3.05, 3.63) is 17.0 Å². The Hall–Kier alpha value is -1.45. The molecule has 0 aliphatic carbocycles. The van der Waals surface area contributed by atoms with Crippen LogP contribution in [-0.4, -0.2) is 42.8 Å². The molecule has 1 aliphatic rings. The van der Waals surface area contributed by atoms with Gasteiger partial charge in [-0.2, -0.15) is 4.31 Å². The average molecular weight is 332 g/mol. The van der Waals surface area contributed by atoms with E-state index in [2.05, 4.69) is 0 Å². The first-order chi connectivity index (χ1) is 9.80. The Bertz CT molecular complexity index is 644. The minimum absolute atomic E-state index is 0.00260. The fourth-order valence-corrected chi connectivity index (χ4v) is 5.11. The van der Waals surface area contributed by atoms with Gasteiger partial charge in [0.25, 0.3) is 10.0 Å². The molecule has 21 heavy (non-hydrogen) atoms. The number of thiophene rings is 1. The van der Waals surface area contributed by atoms with Crippen LogP contribution in [0.15, 0.2) is 16.3 Å². The average Bonchev–Trinajstić information content (AvgIpc) is 2.89. The van der Waals surface area contributed by atoms with Crippen LogP contribution in [-0.2, 0) is 14.8 Å². The quantitative estimate of drug-likeness (QED) is 0.824. The maximum absolute atomic E-state index is 12.4. The molecule has 0 saturated carbocycles. The van der Waals surface area contributed by atoms with Crippen LogP contribution in [0.5, 0.6) is 0 Å². The van der Waals surface area contributed by atoms with Crippen molar-refractivity contribution >= 4 is 33.2 Å². The molecule has 3 N–H and O–H groups in total. The molecule has 0 bridgehead atoms.